The Kier molecular flexibility index (Phi) is 5.88. The average molecular weight is 390 g/mol. The fourth-order valence-corrected chi connectivity index (χ4v) is 4.97. The molecule has 0 radical (unpaired) electrons. The molecule has 3 rings (SSSR count). The summed E-state index contributed by atoms with van der Waals surface area (Å²) in [7, 11) is 1.42. The summed E-state index contributed by atoms with van der Waals surface area (Å²) in [6.07, 6.45) is 6.52. The van der Waals surface area contributed by atoms with Gasteiger partial charge in [-0.05, 0) is 67.6 Å². The van der Waals surface area contributed by atoms with Crippen LogP contribution in [-0.4, -0.2) is 23.2 Å². The van der Waals surface area contributed by atoms with E-state index in [1.165, 1.54) is 12.0 Å². The molecule has 0 saturated heterocycles. The molecule has 0 aliphatic heterocycles. The van der Waals surface area contributed by atoms with Crippen LogP contribution in [0, 0.1) is 5.92 Å². The molecule has 2 aromatic heterocycles. The molecule has 0 amide bonds. The number of methoxy groups -OCH3 is 1. The molecule has 2 heterocycles. The van der Waals surface area contributed by atoms with Crippen molar-refractivity contribution in [3.05, 3.63) is 46.1 Å². The third-order valence-electron chi connectivity index (χ3n) is 4.68. The molecule has 2 aromatic rings. The van der Waals surface area contributed by atoms with E-state index in [2.05, 4.69) is 22.5 Å². The molecule has 0 unspecified atom stereocenters. The van der Waals surface area contributed by atoms with E-state index in [4.69, 9.17) is 17.0 Å². The van der Waals surface area contributed by atoms with Crippen LogP contribution in [0.3, 0.4) is 0 Å². The van der Waals surface area contributed by atoms with Crippen molar-refractivity contribution < 1.29 is 9.53 Å². The molecule has 0 fully saturated rings. The van der Waals surface area contributed by atoms with Gasteiger partial charge in [0.05, 0.1) is 18.7 Å². The molecule has 1 aliphatic carbocycles. The van der Waals surface area contributed by atoms with E-state index in [-0.39, 0.29) is 12.0 Å². The number of esters is 1. The Morgan fingerprint density at radius 2 is 2.15 bits per heavy atom. The predicted octanol–water partition coefficient (Wildman–Crippen LogP) is 4.10. The maximum absolute atomic E-state index is 12.3. The zero-order valence-electron chi connectivity index (χ0n) is 15.2. The lowest BCUT2D eigenvalue weighted by atomic mass is 9.88. The minimum atomic E-state index is -0.301. The standard InChI is InChI=1S/C19H23N3O2S2/c1-11-4-5-14-15(10-11)26-17(16(14)18(23)24-3)22-19(25)21-12(2)13-6-8-20-9-7-13/h6-9,11-12H,4-5,10H2,1-3H3,(H2,21,22,25)/t11-,12-/m0/s1. The first-order valence-corrected chi connectivity index (χ1v) is 9.92. The second-order valence-corrected chi connectivity index (χ2v) is 8.16. The highest BCUT2D eigenvalue weighted by Gasteiger charge is 2.28. The first-order valence-electron chi connectivity index (χ1n) is 8.69. The Morgan fingerprint density at radius 3 is 2.85 bits per heavy atom. The van der Waals surface area contributed by atoms with Crippen molar-refractivity contribution in [3.8, 4) is 0 Å². The molecule has 1 aliphatic rings. The van der Waals surface area contributed by atoms with Gasteiger partial charge in [-0.2, -0.15) is 0 Å². The molecule has 0 saturated carbocycles. The van der Waals surface area contributed by atoms with E-state index in [1.54, 1.807) is 23.7 Å². The molecule has 26 heavy (non-hydrogen) atoms. The second-order valence-electron chi connectivity index (χ2n) is 6.65. The smallest absolute Gasteiger partial charge is 0.341 e. The Hall–Kier alpha value is -1.99. The van der Waals surface area contributed by atoms with Gasteiger partial charge in [0.25, 0.3) is 0 Å². The Morgan fingerprint density at radius 1 is 1.42 bits per heavy atom. The van der Waals surface area contributed by atoms with Crippen molar-refractivity contribution in [2.45, 2.75) is 39.2 Å². The minimum absolute atomic E-state index is 0.0363. The van der Waals surface area contributed by atoms with Crippen molar-refractivity contribution >= 4 is 39.6 Å². The maximum Gasteiger partial charge on any atom is 0.341 e. The van der Waals surface area contributed by atoms with Gasteiger partial charge in [-0.15, -0.1) is 11.3 Å². The number of nitrogens with zero attached hydrogens (tertiary/aromatic N) is 1. The van der Waals surface area contributed by atoms with Crippen LogP contribution in [0.15, 0.2) is 24.5 Å². The first-order chi connectivity index (χ1) is 12.5. The molecule has 2 atom stereocenters. The van der Waals surface area contributed by atoms with Gasteiger partial charge in [-0.25, -0.2) is 4.79 Å². The molecule has 0 bridgehead atoms. The van der Waals surface area contributed by atoms with Crippen LogP contribution in [0.25, 0.3) is 0 Å². The van der Waals surface area contributed by atoms with Crippen LogP contribution in [0.1, 0.15) is 52.7 Å². The molecule has 0 spiro atoms. The predicted molar refractivity (Wildman–Crippen MR) is 109 cm³/mol. The molecular weight excluding hydrogens is 366 g/mol. The van der Waals surface area contributed by atoms with E-state index in [0.717, 1.165) is 35.4 Å². The number of nitrogens with one attached hydrogen (secondary N) is 2. The number of thiocarbonyl (C=S) groups is 1. The van der Waals surface area contributed by atoms with E-state index < -0.39 is 0 Å². The van der Waals surface area contributed by atoms with Crippen molar-refractivity contribution in [2.24, 2.45) is 5.92 Å². The number of rotatable bonds is 4. The van der Waals surface area contributed by atoms with Crippen LogP contribution >= 0.6 is 23.6 Å². The van der Waals surface area contributed by atoms with Crippen molar-refractivity contribution in [1.82, 2.24) is 10.3 Å². The number of fused-ring (bicyclic) bond motifs is 1. The minimum Gasteiger partial charge on any atom is -0.465 e. The van der Waals surface area contributed by atoms with Gasteiger partial charge in [-0.1, -0.05) is 6.92 Å². The van der Waals surface area contributed by atoms with Crippen LogP contribution in [0.5, 0.6) is 0 Å². The summed E-state index contributed by atoms with van der Waals surface area (Å²) in [6, 6.07) is 3.94. The number of ether oxygens (including phenoxy) is 1. The van der Waals surface area contributed by atoms with Crippen molar-refractivity contribution in [3.63, 3.8) is 0 Å². The maximum atomic E-state index is 12.3. The normalized spacial score (nSPS) is 17.1. The fourth-order valence-electron chi connectivity index (χ4n) is 3.23. The lowest BCUT2D eigenvalue weighted by Crippen LogP contribution is -2.31. The van der Waals surface area contributed by atoms with Gasteiger partial charge in [0, 0.05) is 17.3 Å². The van der Waals surface area contributed by atoms with E-state index in [0.29, 0.717) is 16.6 Å². The first kappa shape index (κ1) is 18.8. The Balaban J connectivity index is 1.78. The summed E-state index contributed by atoms with van der Waals surface area (Å²) in [4.78, 5) is 17.6. The lowest BCUT2D eigenvalue weighted by molar-refractivity contribution is 0.0601. The lowest BCUT2D eigenvalue weighted by Gasteiger charge is -2.18. The Bertz CT molecular complexity index is 805. The largest absolute Gasteiger partial charge is 0.465 e. The summed E-state index contributed by atoms with van der Waals surface area (Å²) >= 11 is 7.09. The van der Waals surface area contributed by atoms with E-state index in [9.17, 15) is 4.79 Å². The number of carbonyl (C=O) groups excluding carboxylic acids is 1. The zero-order valence-corrected chi connectivity index (χ0v) is 16.8. The summed E-state index contributed by atoms with van der Waals surface area (Å²) in [5.74, 6) is 0.334. The highest BCUT2D eigenvalue weighted by Crippen LogP contribution is 2.40. The SMILES string of the molecule is COC(=O)c1c(NC(=S)N[C@@H](C)c2ccncc2)sc2c1CC[C@H](C)C2. The highest BCUT2D eigenvalue weighted by molar-refractivity contribution is 7.80. The highest BCUT2D eigenvalue weighted by atomic mass is 32.1. The number of hydrogen-bond donors (Lipinski definition) is 2. The molecular formula is C19H23N3O2S2. The summed E-state index contributed by atoms with van der Waals surface area (Å²) < 4.78 is 5.02. The van der Waals surface area contributed by atoms with Gasteiger partial charge in [0.15, 0.2) is 5.11 Å². The average Bonchev–Trinajstić information content (AvgIpc) is 2.98. The number of thiophene rings is 1. The summed E-state index contributed by atoms with van der Waals surface area (Å²) in [5.41, 5.74) is 2.85. The zero-order chi connectivity index (χ0) is 18.7. The molecule has 0 aromatic carbocycles. The Labute approximate surface area is 163 Å². The number of anilines is 1. The molecule has 5 nitrogen and oxygen atoms in total. The van der Waals surface area contributed by atoms with Crippen LogP contribution in [0.2, 0.25) is 0 Å². The summed E-state index contributed by atoms with van der Waals surface area (Å²) in [6.45, 7) is 4.28. The number of aromatic nitrogens is 1. The van der Waals surface area contributed by atoms with Crippen LogP contribution in [0.4, 0.5) is 5.00 Å². The van der Waals surface area contributed by atoms with Gasteiger partial charge in [0.1, 0.15) is 5.00 Å². The van der Waals surface area contributed by atoms with Crippen molar-refractivity contribution in [2.75, 3.05) is 12.4 Å². The van der Waals surface area contributed by atoms with Crippen LogP contribution < -0.4 is 10.6 Å². The number of hydrogen-bond acceptors (Lipinski definition) is 5. The molecule has 2 N–H and O–H groups in total. The van der Waals surface area contributed by atoms with Gasteiger partial charge >= 0.3 is 5.97 Å². The quantitative estimate of drug-likeness (QED) is 0.606. The van der Waals surface area contributed by atoms with Crippen molar-refractivity contribution in [1.29, 1.82) is 0 Å². The van der Waals surface area contributed by atoms with Crippen LogP contribution in [-0.2, 0) is 17.6 Å². The fraction of sp³-hybridized carbons (Fsp3) is 0.421. The number of carbonyl (C=O) groups is 1. The van der Waals surface area contributed by atoms with E-state index >= 15 is 0 Å². The third-order valence-corrected chi connectivity index (χ3v) is 6.07. The van der Waals surface area contributed by atoms with E-state index in [1.807, 2.05) is 19.1 Å². The third kappa shape index (κ3) is 4.04. The topological polar surface area (TPSA) is 63.2 Å². The number of pyridine rings is 1. The monoisotopic (exact) mass is 389 g/mol. The second kappa shape index (κ2) is 8.14. The van der Waals surface area contributed by atoms with Gasteiger partial charge < -0.3 is 15.4 Å². The van der Waals surface area contributed by atoms with Gasteiger partial charge in [-0.3, -0.25) is 4.98 Å². The molecule has 138 valence electrons. The summed E-state index contributed by atoms with van der Waals surface area (Å²) in [5, 5.41) is 7.75. The molecule has 7 heteroatoms. The van der Waals surface area contributed by atoms with Gasteiger partial charge in [0.2, 0.25) is 0 Å².